The van der Waals surface area contributed by atoms with Crippen LogP contribution in [-0.2, 0) is 4.79 Å². The maximum Gasteiger partial charge on any atom is 0.243 e. The first kappa shape index (κ1) is 14.2. The molecule has 1 heterocycles. The first-order chi connectivity index (χ1) is 9.45. The summed E-state index contributed by atoms with van der Waals surface area (Å²) in [5, 5.41) is 13.7. The smallest absolute Gasteiger partial charge is 0.243 e. The van der Waals surface area contributed by atoms with E-state index in [1.165, 1.54) is 6.21 Å². The van der Waals surface area contributed by atoms with Crippen LogP contribution >= 0.6 is 0 Å². The number of hydrogen-bond acceptors (Lipinski definition) is 6. The Kier molecular flexibility index (Phi) is 4.12. The van der Waals surface area contributed by atoms with E-state index < -0.39 is 0 Å². The van der Waals surface area contributed by atoms with E-state index in [4.69, 9.17) is 0 Å². The fourth-order valence-electron chi connectivity index (χ4n) is 2.18. The lowest BCUT2D eigenvalue weighted by molar-refractivity contribution is -0.116. The maximum atomic E-state index is 11.8. The first-order valence-corrected chi connectivity index (χ1v) is 6.52. The monoisotopic (exact) mass is 274 g/mol. The Labute approximate surface area is 117 Å². The molecule has 0 aromatic carbocycles. The molecule has 20 heavy (non-hydrogen) atoms. The number of hydrogen-bond donors (Lipinski definition) is 2. The van der Waals surface area contributed by atoms with Crippen LogP contribution in [0.2, 0.25) is 0 Å². The largest absolute Gasteiger partial charge is 0.511 e. The zero-order chi connectivity index (χ0) is 14.7. The lowest BCUT2D eigenvalue weighted by Crippen LogP contribution is -2.18. The number of hydrazone groups is 1. The zero-order valence-corrected chi connectivity index (χ0v) is 11.8. The van der Waals surface area contributed by atoms with Gasteiger partial charge in [-0.3, -0.25) is 4.79 Å². The number of aliphatic hydroxyl groups is 1. The number of rotatable bonds is 3. The molecule has 0 fully saturated rings. The van der Waals surface area contributed by atoms with Gasteiger partial charge in [0, 0.05) is 24.2 Å². The van der Waals surface area contributed by atoms with Gasteiger partial charge < -0.3 is 5.11 Å². The molecule has 1 aliphatic rings. The van der Waals surface area contributed by atoms with Crippen LogP contribution in [0, 0.1) is 19.8 Å². The second kappa shape index (κ2) is 5.81. The van der Waals surface area contributed by atoms with E-state index in [0.717, 1.165) is 11.4 Å². The van der Waals surface area contributed by atoms with Gasteiger partial charge in [-0.1, -0.05) is 6.92 Å². The average Bonchev–Trinajstić information content (AvgIpc) is 2.31. The number of ketones is 1. The SMILES string of the molecule is Cc1cc(C)nc(N/N=C\C2=C(O)CC(C)CC2=O)n1. The lowest BCUT2D eigenvalue weighted by Gasteiger charge is -2.17. The van der Waals surface area contributed by atoms with Gasteiger partial charge >= 0.3 is 0 Å². The minimum Gasteiger partial charge on any atom is -0.511 e. The summed E-state index contributed by atoms with van der Waals surface area (Å²) in [7, 11) is 0. The van der Waals surface area contributed by atoms with E-state index >= 15 is 0 Å². The summed E-state index contributed by atoms with van der Waals surface area (Å²) in [6.07, 6.45) is 2.28. The molecule has 0 radical (unpaired) electrons. The Morgan fingerprint density at radius 1 is 1.35 bits per heavy atom. The van der Waals surface area contributed by atoms with Crippen molar-refractivity contribution in [3.05, 3.63) is 28.8 Å². The topological polar surface area (TPSA) is 87.5 Å². The second-order valence-electron chi connectivity index (χ2n) is 5.14. The molecule has 106 valence electrons. The number of aliphatic hydroxyl groups excluding tert-OH is 1. The Hall–Kier alpha value is -2.24. The normalized spacial score (nSPS) is 19.8. The van der Waals surface area contributed by atoms with Crippen molar-refractivity contribution in [2.75, 3.05) is 5.43 Å². The van der Waals surface area contributed by atoms with E-state index in [2.05, 4.69) is 20.5 Å². The number of anilines is 1. The molecule has 0 amide bonds. The van der Waals surface area contributed by atoms with Crippen molar-refractivity contribution in [2.45, 2.75) is 33.6 Å². The predicted octanol–water partition coefficient (Wildman–Crippen LogP) is 2.30. The molecule has 1 atom stereocenters. The highest BCUT2D eigenvalue weighted by Crippen LogP contribution is 2.23. The van der Waals surface area contributed by atoms with Crippen molar-refractivity contribution >= 4 is 17.9 Å². The van der Waals surface area contributed by atoms with Crippen molar-refractivity contribution in [3.63, 3.8) is 0 Å². The predicted molar refractivity (Wildman–Crippen MR) is 76.7 cm³/mol. The fourth-order valence-corrected chi connectivity index (χ4v) is 2.18. The van der Waals surface area contributed by atoms with Crippen molar-refractivity contribution in [3.8, 4) is 0 Å². The molecule has 6 nitrogen and oxygen atoms in total. The van der Waals surface area contributed by atoms with Crippen molar-refractivity contribution < 1.29 is 9.90 Å². The molecule has 6 heteroatoms. The van der Waals surface area contributed by atoms with E-state index in [1.807, 2.05) is 26.8 Å². The van der Waals surface area contributed by atoms with E-state index in [9.17, 15) is 9.90 Å². The molecule has 1 unspecified atom stereocenters. The summed E-state index contributed by atoms with van der Waals surface area (Å²) in [5.41, 5.74) is 4.61. The molecule has 0 bridgehead atoms. The maximum absolute atomic E-state index is 11.8. The van der Waals surface area contributed by atoms with E-state index in [-0.39, 0.29) is 23.0 Å². The van der Waals surface area contributed by atoms with Crippen molar-refractivity contribution in [1.29, 1.82) is 0 Å². The highest BCUT2D eigenvalue weighted by Gasteiger charge is 2.23. The van der Waals surface area contributed by atoms with Gasteiger partial charge in [-0.2, -0.15) is 5.10 Å². The molecular formula is C14H18N4O2. The molecule has 1 aromatic heterocycles. The van der Waals surface area contributed by atoms with Crippen molar-refractivity contribution in [1.82, 2.24) is 9.97 Å². The highest BCUT2D eigenvalue weighted by molar-refractivity contribution is 6.14. The summed E-state index contributed by atoms with van der Waals surface area (Å²) in [5.74, 6) is 0.555. The Balaban J connectivity index is 2.10. The minimum atomic E-state index is -0.0897. The summed E-state index contributed by atoms with van der Waals surface area (Å²) < 4.78 is 0. The molecule has 1 aliphatic carbocycles. The summed E-state index contributed by atoms with van der Waals surface area (Å²) in [6.45, 7) is 5.66. The number of carbonyl (C=O) groups excluding carboxylic acids is 1. The Bertz CT molecular complexity index is 573. The first-order valence-electron chi connectivity index (χ1n) is 6.52. The Morgan fingerprint density at radius 2 is 2.00 bits per heavy atom. The number of aromatic nitrogens is 2. The van der Waals surface area contributed by atoms with Crippen molar-refractivity contribution in [2.24, 2.45) is 11.0 Å². The number of Topliss-reactive ketones (excluding diaryl/α,β-unsaturated/α-hetero) is 1. The van der Waals surface area contributed by atoms with Gasteiger partial charge in [0.25, 0.3) is 0 Å². The molecule has 0 saturated heterocycles. The highest BCUT2D eigenvalue weighted by atomic mass is 16.3. The number of carbonyl (C=O) groups is 1. The van der Waals surface area contributed by atoms with Crippen LogP contribution in [0.15, 0.2) is 22.5 Å². The van der Waals surface area contributed by atoms with Crippen LogP contribution < -0.4 is 5.43 Å². The Morgan fingerprint density at radius 3 is 2.60 bits per heavy atom. The molecule has 0 spiro atoms. The molecular weight excluding hydrogens is 256 g/mol. The number of aryl methyl sites for hydroxylation is 2. The van der Waals surface area contributed by atoms with E-state index in [1.54, 1.807) is 0 Å². The quantitative estimate of drug-likeness (QED) is 0.652. The van der Waals surface area contributed by atoms with E-state index in [0.29, 0.717) is 18.8 Å². The van der Waals surface area contributed by atoms with Gasteiger partial charge in [0.05, 0.1) is 11.8 Å². The molecule has 2 N–H and O–H groups in total. The van der Waals surface area contributed by atoms with Gasteiger partial charge in [0.1, 0.15) is 5.76 Å². The minimum absolute atomic E-state index is 0.0897. The molecule has 0 aliphatic heterocycles. The van der Waals surface area contributed by atoms with Crippen LogP contribution in [0.1, 0.15) is 31.2 Å². The second-order valence-corrected chi connectivity index (χ2v) is 5.14. The van der Waals surface area contributed by atoms with Crippen LogP contribution in [0.3, 0.4) is 0 Å². The van der Waals surface area contributed by atoms with Gasteiger partial charge in [-0.05, 0) is 25.8 Å². The van der Waals surface area contributed by atoms with Crippen LogP contribution in [0.5, 0.6) is 0 Å². The number of nitrogens with zero attached hydrogens (tertiary/aromatic N) is 3. The van der Waals surface area contributed by atoms with Crippen LogP contribution in [-0.4, -0.2) is 27.1 Å². The standard InChI is InChI=1S/C14H18N4O2/c1-8-4-12(19)11(13(20)5-8)7-15-18-14-16-9(2)6-10(3)17-14/h6-8,19H,4-5H2,1-3H3,(H,16,17,18)/b15-7-. The van der Waals surface area contributed by atoms with Gasteiger partial charge in [-0.15, -0.1) is 0 Å². The molecule has 1 aromatic rings. The third-order valence-electron chi connectivity index (χ3n) is 3.03. The summed E-state index contributed by atoms with van der Waals surface area (Å²) in [4.78, 5) is 20.1. The lowest BCUT2D eigenvalue weighted by atomic mass is 9.89. The van der Waals surface area contributed by atoms with Crippen LogP contribution in [0.4, 0.5) is 5.95 Å². The summed E-state index contributed by atoms with van der Waals surface area (Å²) >= 11 is 0. The number of allylic oxidation sites excluding steroid dienone is 2. The third kappa shape index (κ3) is 3.40. The average molecular weight is 274 g/mol. The molecule has 0 saturated carbocycles. The zero-order valence-electron chi connectivity index (χ0n) is 11.8. The van der Waals surface area contributed by atoms with Gasteiger partial charge in [0.2, 0.25) is 5.95 Å². The summed E-state index contributed by atoms with van der Waals surface area (Å²) in [6, 6.07) is 1.86. The molecule has 2 rings (SSSR count). The van der Waals surface area contributed by atoms with Gasteiger partial charge in [0.15, 0.2) is 5.78 Å². The number of nitrogens with one attached hydrogen (secondary N) is 1. The van der Waals surface area contributed by atoms with Crippen LogP contribution in [0.25, 0.3) is 0 Å². The fraction of sp³-hybridized carbons (Fsp3) is 0.429. The van der Waals surface area contributed by atoms with Gasteiger partial charge in [-0.25, -0.2) is 15.4 Å². The third-order valence-corrected chi connectivity index (χ3v) is 3.03.